The number of carbonyl (C=O) groups is 1. The Morgan fingerprint density at radius 1 is 1.56 bits per heavy atom. The standard InChI is InChI=1S/C6H11NO2/c7-4-2-1-3-5(8)6(4)9/h4-5,8H,1-3,7H2. The van der Waals surface area contributed by atoms with Crippen molar-refractivity contribution in [3.63, 3.8) is 0 Å². The Morgan fingerprint density at radius 3 is 2.67 bits per heavy atom. The van der Waals surface area contributed by atoms with E-state index in [2.05, 4.69) is 0 Å². The lowest BCUT2D eigenvalue weighted by molar-refractivity contribution is -0.130. The molecule has 0 spiro atoms. The maximum atomic E-state index is 10.8. The first-order valence-corrected chi connectivity index (χ1v) is 3.19. The quantitative estimate of drug-likeness (QED) is 0.460. The van der Waals surface area contributed by atoms with Gasteiger partial charge in [0.2, 0.25) is 0 Å². The molecule has 1 rings (SSSR count). The Kier molecular flexibility index (Phi) is 1.83. The third-order valence-corrected chi connectivity index (χ3v) is 1.69. The highest BCUT2D eigenvalue weighted by Gasteiger charge is 2.26. The number of carbonyl (C=O) groups excluding carboxylic acids is 1. The van der Waals surface area contributed by atoms with Crippen LogP contribution in [0.4, 0.5) is 0 Å². The zero-order valence-corrected chi connectivity index (χ0v) is 5.21. The smallest absolute Gasteiger partial charge is 0.177 e. The molecule has 3 nitrogen and oxygen atoms in total. The number of rotatable bonds is 0. The van der Waals surface area contributed by atoms with E-state index < -0.39 is 12.1 Å². The van der Waals surface area contributed by atoms with Crippen LogP contribution in [-0.4, -0.2) is 23.0 Å². The lowest BCUT2D eigenvalue weighted by Crippen LogP contribution is -2.41. The van der Waals surface area contributed by atoms with Crippen LogP contribution in [0.1, 0.15) is 19.3 Å². The van der Waals surface area contributed by atoms with Crippen molar-refractivity contribution < 1.29 is 9.90 Å². The molecule has 1 fully saturated rings. The van der Waals surface area contributed by atoms with Crippen LogP contribution in [0.15, 0.2) is 0 Å². The zero-order chi connectivity index (χ0) is 6.85. The van der Waals surface area contributed by atoms with Crippen LogP contribution in [0.3, 0.4) is 0 Å². The second-order valence-electron chi connectivity index (χ2n) is 2.46. The average Bonchev–Trinajstić information content (AvgIpc) is 1.83. The molecule has 0 aromatic rings. The topological polar surface area (TPSA) is 63.3 Å². The third-order valence-electron chi connectivity index (χ3n) is 1.69. The number of nitrogens with two attached hydrogens (primary N) is 1. The van der Waals surface area contributed by atoms with Gasteiger partial charge in [-0.05, 0) is 19.3 Å². The van der Waals surface area contributed by atoms with Gasteiger partial charge in [-0.15, -0.1) is 0 Å². The van der Waals surface area contributed by atoms with Gasteiger partial charge in [0.15, 0.2) is 5.78 Å². The van der Waals surface area contributed by atoms with Crippen molar-refractivity contribution >= 4 is 5.78 Å². The number of hydrogen-bond acceptors (Lipinski definition) is 3. The van der Waals surface area contributed by atoms with Crippen molar-refractivity contribution in [1.29, 1.82) is 0 Å². The highest BCUT2D eigenvalue weighted by molar-refractivity contribution is 5.88. The van der Waals surface area contributed by atoms with E-state index in [1.807, 2.05) is 0 Å². The molecule has 0 amide bonds. The van der Waals surface area contributed by atoms with Crippen LogP contribution >= 0.6 is 0 Å². The van der Waals surface area contributed by atoms with Gasteiger partial charge in [-0.3, -0.25) is 4.79 Å². The van der Waals surface area contributed by atoms with Crippen molar-refractivity contribution in [2.45, 2.75) is 31.4 Å². The van der Waals surface area contributed by atoms with Gasteiger partial charge >= 0.3 is 0 Å². The SMILES string of the molecule is NC1CCCC(O)C1=O. The van der Waals surface area contributed by atoms with Gasteiger partial charge < -0.3 is 10.8 Å². The largest absolute Gasteiger partial charge is 0.385 e. The van der Waals surface area contributed by atoms with E-state index in [9.17, 15) is 4.79 Å². The molecular formula is C6H11NO2. The fraction of sp³-hybridized carbons (Fsp3) is 0.833. The van der Waals surface area contributed by atoms with Crippen LogP contribution in [0, 0.1) is 0 Å². The zero-order valence-electron chi connectivity index (χ0n) is 5.21. The Labute approximate surface area is 53.9 Å². The summed E-state index contributed by atoms with van der Waals surface area (Å²) in [6, 6.07) is -0.409. The van der Waals surface area contributed by atoms with E-state index in [4.69, 9.17) is 10.8 Å². The molecular weight excluding hydrogens is 118 g/mol. The minimum Gasteiger partial charge on any atom is -0.385 e. The minimum absolute atomic E-state index is 0.193. The number of hydrogen-bond donors (Lipinski definition) is 2. The summed E-state index contributed by atoms with van der Waals surface area (Å²) in [7, 11) is 0. The molecule has 0 aromatic heterocycles. The normalized spacial score (nSPS) is 36.9. The van der Waals surface area contributed by atoms with E-state index in [1.54, 1.807) is 0 Å². The summed E-state index contributed by atoms with van der Waals surface area (Å²) >= 11 is 0. The minimum atomic E-state index is -0.784. The predicted molar refractivity (Wildman–Crippen MR) is 32.8 cm³/mol. The van der Waals surface area contributed by atoms with Gasteiger partial charge in [0.25, 0.3) is 0 Å². The summed E-state index contributed by atoms with van der Waals surface area (Å²) in [5.41, 5.74) is 5.36. The van der Waals surface area contributed by atoms with Gasteiger partial charge in [-0.2, -0.15) is 0 Å². The summed E-state index contributed by atoms with van der Waals surface area (Å²) in [6.45, 7) is 0. The van der Waals surface area contributed by atoms with E-state index in [-0.39, 0.29) is 5.78 Å². The van der Waals surface area contributed by atoms with Gasteiger partial charge in [0, 0.05) is 0 Å². The molecule has 0 aromatic carbocycles. The molecule has 3 N–H and O–H groups in total. The molecule has 0 saturated heterocycles. The highest BCUT2D eigenvalue weighted by Crippen LogP contribution is 2.12. The fourth-order valence-corrected chi connectivity index (χ4v) is 1.06. The summed E-state index contributed by atoms with van der Waals surface area (Å²) in [5, 5.41) is 8.92. The lowest BCUT2D eigenvalue weighted by atomic mass is 9.92. The first kappa shape index (κ1) is 6.71. The Morgan fingerprint density at radius 2 is 2.22 bits per heavy atom. The van der Waals surface area contributed by atoms with Gasteiger partial charge in [0.05, 0.1) is 6.04 Å². The number of ketones is 1. The average molecular weight is 129 g/mol. The highest BCUT2D eigenvalue weighted by atomic mass is 16.3. The van der Waals surface area contributed by atoms with Crippen LogP contribution in [0.5, 0.6) is 0 Å². The summed E-state index contributed by atoms with van der Waals surface area (Å²) in [6.07, 6.45) is 1.41. The third kappa shape index (κ3) is 1.28. The molecule has 3 heteroatoms. The first-order chi connectivity index (χ1) is 4.22. The van der Waals surface area contributed by atoms with Gasteiger partial charge in [-0.1, -0.05) is 0 Å². The number of Topliss-reactive ketones (excluding diaryl/α,β-unsaturated/α-hetero) is 1. The van der Waals surface area contributed by atoms with Crippen molar-refractivity contribution in [2.75, 3.05) is 0 Å². The summed E-state index contributed by atoms with van der Waals surface area (Å²) in [4.78, 5) is 10.8. The molecule has 2 atom stereocenters. The maximum absolute atomic E-state index is 10.8. The molecule has 1 saturated carbocycles. The molecule has 0 bridgehead atoms. The van der Waals surface area contributed by atoms with E-state index in [0.717, 1.165) is 12.8 Å². The van der Waals surface area contributed by atoms with Gasteiger partial charge in [-0.25, -0.2) is 0 Å². The predicted octanol–water partition coefficient (Wildman–Crippen LogP) is -0.572. The molecule has 1 aliphatic carbocycles. The monoisotopic (exact) mass is 129 g/mol. The number of aliphatic hydroxyl groups excluding tert-OH is 1. The molecule has 9 heavy (non-hydrogen) atoms. The van der Waals surface area contributed by atoms with Crippen LogP contribution in [-0.2, 0) is 4.79 Å². The number of aliphatic hydroxyl groups is 1. The van der Waals surface area contributed by atoms with E-state index in [0.29, 0.717) is 6.42 Å². The molecule has 0 radical (unpaired) electrons. The van der Waals surface area contributed by atoms with Crippen LogP contribution in [0.2, 0.25) is 0 Å². The summed E-state index contributed by atoms with van der Waals surface area (Å²) < 4.78 is 0. The van der Waals surface area contributed by atoms with Crippen molar-refractivity contribution in [3.05, 3.63) is 0 Å². The van der Waals surface area contributed by atoms with Crippen LogP contribution in [0.25, 0.3) is 0 Å². The lowest BCUT2D eigenvalue weighted by Gasteiger charge is -2.20. The Hall–Kier alpha value is -0.410. The van der Waals surface area contributed by atoms with Crippen LogP contribution < -0.4 is 5.73 Å². The molecule has 0 heterocycles. The molecule has 0 aliphatic heterocycles. The van der Waals surface area contributed by atoms with Crippen molar-refractivity contribution in [2.24, 2.45) is 5.73 Å². The van der Waals surface area contributed by atoms with Gasteiger partial charge in [0.1, 0.15) is 6.10 Å². The first-order valence-electron chi connectivity index (χ1n) is 3.19. The molecule has 2 unspecified atom stereocenters. The van der Waals surface area contributed by atoms with E-state index >= 15 is 0 Å². The maximum Gasteiger partial charge on any atom is 0.177 e. The Balaban J connectivity index is 2.52. The Bertz CT molecular complexity index is 112. The molecule has 1 aliphatic rings. The second-order valence-corrected chi connectivity index (χ2v) is 2.46. The molecule has 52 valence electrons. The fourth-order valence-electron chi connectivity index (χ4n) is 1.06. The van der Waals surface area contributed by atoms with Crippen molar-refractivity contribution in [3.8, 4) is 0 Å². The summed E-state index contributed by atoms with van der Waals surface area (Å²) in [5.74, 6) is -0.193. The van der Waals surface area contributed by atoms with E-state index in [1.165, 1.54) is 0 Å². The second kappa shape index (κ2) is 2.45. The van der Waals surface area contributed by atoms with Crippen molar-refractivity contribution in [1.82, 2.24) is 0 Å².